The third-order valence-electron chi connectivity index (χ3n) is 7.68. The molecule has 9 heteroatoms. The Bertz CT molecular complexity index is 1770. The average molecular weight is 536 g/mol. The van der Waals surface area contributed by atoms with Gasteiger partial charge in [-0.05, 0) is 60.7 Å². The van der Waals surface area contributed by atoms with Crippen LogP contribution >= 0.6 is 0 Å². The minimum absolute atomic E-state index is 0.0196. The normalized spacial score (nSPS) is 13.7. The van der Waals surface area contributed by atoms with E-state index in [0.717, 1.165) is 22.5 Å². The number of nitrogens with zero attached hydrogens (tertiary/aromatic N) is 5. The van der Waals surface area contributed by atoms with Crippen LogP contribution in [0, 0.1) is 19.8 Å². The van der Waals surface area contributed by atoms with E-state index in [-0.39, 0.29) is 23.1 Å². The molecule has 3 atom stereocenters. The number of aryl methyl sites for hydroxylation is 2. The molecule has 0 bridgehead atoms. The zero-order chi connectivity index (χ0) is 28.6. The van der Waals surface area contributed by atoms with E-state index in [1.807, 2.05) is 50.2 Å². The van der Waals surface area contributed by atoms with Crippen molar-refractivity contribution in [3.8, 4) is 11.4 Å². The first-order chi connectivity index (χ1) is 19.2. The molecule has 5 rings (SSSR count). The van der Waals surface area contributed by atoms with E-state index < -0.39 is 6.04 Å². The minimum atomic E-state index is -0.630. The van der Waals surface area contributed by atoms with Gasteiger partial charge >= 0.3 is 0 Å². The molecule has 0 aliphatic rings. The van der Waals surface area contributed by atoms with E-state index in [0.29, 0.717) is 40.2 Å². The van der Waals surface area contributed by atoms with Gasteiger partial charge in [0.25, 0.3) is 5.56 Å². The number of pyridine rings is 1. The Hall–Kier alpha value is -4.63. The number of hydrogen-bond donors (Lipinski definition) is 3. The maximum absolute atomic E-state index is 13.9. The summed E-state index contributed by atoms with van der Waals surface area (Å²) in [6, 6.07) is 15.8. The molecule has 3 heterocycles. The molecule has 5 N–H and O–H groups in total. The van der Waals surface area contributed by atoms with Crippen LogP contribution in [0.1, 0.15) is 59.6 Å². The molecule has 3 unspecified atom stereocenters. The van der Waals surface area contributed by atoms with E-state index in [9.17, 15) is 9.90 Å². The molecule has 0 aliphatic heterocycles. The van der Waals surface area contributed by atoms with Crippen molar-refractivity contribution in [3.05, 3.63) is 111 Å². The van der Waals surface area contributed by atoms with Crippen molar-refractivity contribution in [1.29, 1.82) is 0 Å². The van der Waals surface area contributed by atoms with Crippen LogP contribution in [0.25, 0.3) is 16.7 Å². The monoisotopic (exact) mass is 535 g/mol. The van der Waals surface area contributed by atoms with Crippen molar-refractivity contribution in [1.82, 2.24) is 24.5 Å². The smallest absolute Gasteiger partial charge is 0.267 e. The molecule has 3 aromatic heterocycles. The molecule has 204 valence electrons. The van der Waals surface area contributed by atoms with Gasteiger partial charge in [-0.15, -0.1) is 0 Å². The van der Waals surface area contributed by atoms with Crippen LogP contribution < -0.4 is 17.0 Å². The van der Waals surface area contributed by atoms with Crippen LogP contribution in [0.2, 0.25) is 0 Å². The number of fused-ring (bicyclic) bond motifs is 1. The van der Waals surface area contributed by atoms with Crippen LogP contribution in [0.4, 0.5) is 5.82 Å². The highest BCUT2D eigenvalue weighted by atomic mass is 16.3. The van der Waals surface area contributed by atoms with E-state index >= 15 is 0 Å². The van der Waals surface area contributed by atoms with Crippen molar-refractivity contribution in [2.75, 3.05) is 5.73 Å². The summed E-state index contributed by atoms with van der Waals surface area (Å²) in [5.74, 6) is 0.887. The van der Waals surface area contributed by atoms with Gasteiger partial charge in [0.15, 0.2) is 5.65 Å². The molecule has 0 aliphatic carbocycles. The van der Waals surface area contributed by atoms with E-state index in [1.54, 1.807) is 29.0 Å². The highest BCUT2D eigenvalue weighted by molar-refractivity contribution is 5.77. The van der Waals surface area contributed by atoms with E-state index in [2.05, 4.69) is 28.8 Å². The molecule has 0 radical (unpaired) electrons. The molecule has 0 saturated heterocycles. The number of aromatic nitrogens is 5. The first kappa shape index (κ1) is 27.0. The largest absolute Gasteiger partial charge is 0.508 e. The van der Waals surface area contributed by atoms with Crippen LogP contribution in [0.3, 0.4) is 0 Å². The predicted molar refractivity (Wildman–Crippen MR) is 156 cm³/mol. The second kappa shape index (κ2) is 10.9. The molecule has 9 nitrogen and oxygen atoms in total. The number of phenolic OH excluding ortho intramolecular Hbond substituents is 1. The molecule has 0 spiro atoms. The van der Waals surface area contributed by atoms with Gasteiger partial charge in [0.1, 0.15) is 23.7 Å². The number of phenols is 1. The summed E-state index contributed by atoms with van der Waals surface area (Å²) in [5.41, 5.74) is 17.9. The molecule has 2 aromatic carbocycles. The summed E-state index contributed by atoms with van der Waals surface area (Å²) >= 11 is 0. The molecule has 0 saturated carbocycles. The third kappa shape index (κ3) is 4.91. The lowest BCUT2D eigenvalue weighted by atomic mass is 9.85. The summed E-state index contributed by atoms with van der Waals surface area (Å²) in [6.07, 6.45) is 3.59. The second-order valence-electron chi connectivity index (χ2n) is 10.4. The maximum atomic E-state index is 13.9. The zero-order valence-corrected chi connectivity index (χ0v) is 23.0. The predicted octanol–water partition coefficient (Wildman–Crippen LogP) is 4.51. The number of aromatic hydroxyl groups is 1. The Morgan fingerprint density at radius 2 is 1.75 bits per heavy atom. The average Bonchev–Trinajstić information content (AvgIpc) is 2.93. The summed E-state index contributed by atoms with van der Waals surface area (Å²) in [6.45, 7) is 8.03. The Kier molecular flexibility index (Phi) is 7.32. The van der Waals surface area contributed by atoms with Gasteiger partial charge in [-0.2, -0.15) is 0 Å². The summed E-state index contributed by atoms with van der Waals surface area (Å²) in [7, 11) is 0. The first-order valence-electron chi connectivity index (χ1n) is 13.2. The number of benzene rings is 2. The van der Waals surface area contributed by atoms with Gasteiger partial charge < -0.3 is 16.6 Å². The van der Waals surface area contributed by atoms with Crippen molar-refractivity contribution in [2.24, 2.45) is 11.7 Å². The molecular weight excluding hydrogens is 502 g/mol. The van der Waals surface area contributed by atoms with Gasteiger partial charge in [-0.1, -0.05) is 44.2 Å². The quantitative estimate of drug-likeness (QED) is 0.276. The zero-order valence-electron chi connectivity index (χ0n) is 23.0. The summed E-state index contributed by atoms with van der Waals surface area (Å²) in [4.78, 5) is 32.1. The number of hydrogen-bond acceptors (Lipinski definition) is 8. The Morgan fingerprint density at radius 1 is 0.975 bits per heavy atom. The van der Waals surface area contributed by atoms with Gasteiger partial charge in [0.05, 0.1) is 22.8 Å². The first-order valence-corrected chi connectivity index (χ1v) is 13.2. The van der Waals surface area contributed by atoms with Crippen LogP contribution in [0.5, 0.6) is 5.75 Å². The Morgan fingerprint density at radius 3 is 2.50 bits per heavy atom. The lowest BCUT2D eigenvalue weighted by Crippen LogP contribution is -2.28. The van der Waals surface area contributed by atoms with Crippen molar-refractivity contribution >= 4 is 16.9 Å². The van der Waals surface area contributed by atoms with Gasteiger partial charge in [-0.3, -0.25) is 9.36 Å². The molecule has 5 aromatic rings. The fourth-order valence-corrected chi connectivity index (χ4v) is 5.22. The summed E-state index contributed by atoms with van der Waals surface area (Å²) < 4.78 is 1.71. The Balaban J connectivity index is 1.59. The maximum Gasteiger partial charge on any atom is 0.267 e. The van der Waals surface area contributed by atoms with Crippen molar-refractivity contribution in [2.45, 2.75) is 46.1 Å². The number of nitrogen functional groups attached to an aromatic ring is 1. The van der Waals surface area contributed by atoms with Crippen LogP contribution in [-0.2, 0) is 6.42 Å². The van der Waals surface area contributed by atoms with Gasteiger partial charge in [0.2, 0.25) is 0 Å². The standard InChI is InChI=1S/C31H33N7O2/c1-17-8-5-6-11-23(17)38-24(37-30-25(31(38)40)18(2)12-13-34-30)14-19(3)20(4)28-26(29(33)36-16-35-28)27(32)21-9-7-10-22(39)15-21/h5-13,15-16,19-20,27,39H,14,32H2,1-4H3,(H2,33,35,36). The lowest BCUT2D eigenvalue weighted by Gasteiger charge is -2.26. The fraction of sp³-hybridized carbons (Fsp3) is 0.258. The van der Waals surface area contributed by atoms with Gasteiger partial charge in [0, 0.05) is 24.1 Å². The number of para-hydroxylation sites is 1. The minimum Gasteiger partial charge on any atom is -0.508 e. The third-order valence-corrected chi connectivity index (χ3v) is 7.68. The lowest BCUT2D eigenvalue weighted by molar-refractivity contribution is 0.456. The van der Waals surface area contributed by atoms with Crippen molar-refractivity contribution in [3.63, 3.8) is 0 Å². The molecule has 40 heavy (non-hydrogen) atoms. The van der Waals surface area contributed by atoms with Crippen molar-refractivity contribution < 1.29 is 5.11 Å². The van der Waals surface area contributed by atoms with Crippen LogP contribution in [-0.4, -0.2) is 29.6 Å². The molecule has 0 fully saturated rings. The second-order valence-corrected chi connectivity index (χ2v) is 10.4. The number of nitrogens with two attached hydrogens (primary N) is 2. The fourth-order valence-electron chi connectivity index (χ4n) is 5.22. The van der Waals surface area contributed by atoms with E-state index in [4.69, 9.17) is 16.5 Å². The van der Waals surface area contributed by atoms with Crippen LogP contribution in [0.15, 0.2) is 71.9 Å². The molecular formula is C31H33N7O2. The number of anilines is 1. The highest BCUT2D eigenvalue weighted by Crippen LogP contribution is 2.35. The SMILES string of the molecule is Cc1ccccc1-n1c(CC(C)C(C)c2ncnc(N)c2C(N)c2cccc(O)c2)nc2nccc(C)c2c1=O. The molecule has 0 amide bonds. The summed E-state index contributed by atoms with van der Waals surface area (Å²) in [5, 5.41) is 10.5. The number of rotatable bonds is 7. The highest BCUT2D eigenvalue weighted by Gasteiger charge is 2.27. The topological polar surface area (TPSA) is 146 Å². The van der Waals surface area contributed by atoms with E-state index in [1.165, 1.54) is 6.33 Å². The Labute approximate surface area is 232 Å². The van der Waals surface area contributed by atoms with Gasteiger partial charge in [-0.25, -0.2) is 19.9 Å².